The number of anilines is 1. The average Bonchev–Trinajstić information content (AvgIpc) is 2.93. The fourth-order valence-corrected chi connectivity index (χ4v) is 5.31. The molecule has 2 saturated heterocycles. The van der Waals surface area contributed by atoms with E-state index in [0.29, 0.717) is 31.6 Å². The fraction of sp³-hybridized carbons (Fsp3) is 0.471. The first kappa shape index (κ1) is 18.7. The van der Waals surface area contributed by atoms with Gasteiger partial charge in [0, 0.05) is 13.1 Å². The molecule has 3 aliphatic heterocycles. The second-order valence-corrected chi connectivity index (χ2v) is 9.09. The topological polar surface area (TPSA) is 137 Å². The Labute approximate surface area is 162 Å². The molecule has 0 saturated carbocycles. The molecule has 3 aliphatic rings. The minimum Gasteiger partial charge on any atom is -0.360 e. The number of hydrogen-bond acceptors (Lipinski definition) is 6. The molecule has 0 bridgehead atoms. The molecule has 150 valence electrons. The number of nitrogens with zero attached hydrogens (tertiary/aromatic N) is 1. The number of hydrogen-bond donors (Lipinski definition) is 4. The number of para-hydroxylation sites is 1. The second kappa shape index (κ2) is 6.45. The van der Waals surface area contributed by atoms with Crippen LogP contribution >= 0.6 is 0 Å². The zero-order chi connectivity index (χ0) is 20.1. The summed E-state index contributed by atoms with van der Waals surface area (Å²) in [6.45, 7) is 2.41. The molecule has 0 aliphatic carbocycles. The van der Waals surface area contributed by atoms with Gasteiger partial charge in [0.05, 0.1) is 5.69 Å². The van der Waals surface area contributed by atoms with Crippen LogP contribution in [0.15, 0.2) is 29.2 Å². The van der Waals surface area contributed by atoms with E-state index in [1.807, 2.05) is 0 Å². The zero-order valence-electron chi connectivity index (χ0n) is 15.2. The van der Waals surface area contributed by atoms with Crippen molar-refractivity contribution in [3.63, 3.8) is 0 Å². The van der Waals surface area contributed by atoms with Gasteiger partial charge in [-0.1, -0.05) is 12.1 Å². The van der Waals surface area contributed by atoms with E-state index >= 15 is 0 Å². The summed E-state index contributed by atoms with van der Waals surface area (Å²) in [6.07, 6.45) is -0.0423. The van der Waals surface area contributed by atoms with Gasteiger partial charge in [-0.3, -0.25) is 14.9 Å². The van der Waals surface area contributed by atoms with Crippen molar-refractivity contribution in [2.24, 2.45) is 5.92 Å². The standard InChI is InChI=1S/C17H21N5O5S/c1-17(15(24)19-16(25)20-17)10-6-8-22(9-7-10)14(23)13-18-11-4-2-3-5-12(11)28(26,27)21-13/h2-5,10,13,18,21H,6-9H2,1H3,(H2,19,20,24,25). The van der Waals surface area contributed by atoms with Crippen molar-refractivity contribution in [3.05, 3.63) is 24.3 Å². The monoisotopic (exact) mass is 407 g/mol. The smallest absolute Gasteiger partial charge is 0.322 e. The molecule has 2 fully saturated rings. The number of sulfonamides is 1. The third-order valence-electron chi connectivity index (χ3n) is 5.69. The normalized spacial score (nSPS) is 29.5. The Bertz CT molecular complexity index is 956. The number of nitrogens with one attached hydrogen (secondary N) is 4. The maximum Gasteiger partial charge on any atom is 0.322 e. The highest BCUT2D eigenvalue weighted by molar-refractivity contribution is 7.89. The Morgan fingerprint density at radius 1 is 1.18 bits per heavy atom. The van der Waals surface area contributed by atoms with Crippen molar-refractivity contribution in [1.29, 1.82) is 0 Å². The number of fused-ring (bicyclic) bond motifs is 1. The van der Waals surface area contributed by atoms with E-state index in [1.54, 1.807) is 30.0 Å². The van der Waals surface area contributed by atoms with Crippen LogP contribution in [0.25, 0.3) is 0 Å². The van der Waals surface area contributed by atoms with Gasteiger partial charge in [0.1, 0.15) is 10.4 Å². The molecule has 2 unspecified atom stereocenters. The lowest BCUT2D eigenvalue weighted by molar-refractivity contribution is -0.134. The van der Waals surface area contributed by atoms with E-state index in [9.17, 15) is 22.8 Å². The molecule has 4 N–H and O–H groups in total. The number of rotatable bonds is 2. The number of amides is 4. The van der Waals surface area contributed by atoms with E-state index in [0.717, 1.165) is 0 Å². The minimum atomic E-state index is -3.78. The van der Waals surface area contributed by atoms with Crippen LogP contribution in [-0.2, 0) is 19.6 Å². The maximum atomic E-state index is 12.9. The first-order valence-electron chi connectivity index (χ1n) is 9.01. The summed E-state index contributed by atoms with van der Waals surface area (Å²) in [5, 5.41) is 7.86. The highest BCUT2D eigenvalue weighted by atomic mass is 32.2. The number of piperidine rings is 1. The largest absolute Gasteiger partial charge is 0.360 e. The van der Waals surface area contributed by atoms with Crippen molar-refractivity contribution in [3.8, 4) is 0 Å². The highest BCUT2D eigenvalue weighted by Crippen LogP contribution is 2.31. The first-order valence-corrected chi connectivity index (χ1v) is 10.5. The Balaban J connectivity index is 1.44. The van der Waals surface area contributed by atoms with Crippen molar-refractivity contribution in [2.45, 2.75) is 36.4 Å². The minimum absolute atomic E-state index is 0.105. The second-order valence-electron chi connectivity index (χ2n) is 7.40. The predicted octanol–water partition coefficient (Wildman–Crippen LogP) is -0.447. The summed E-state index contributed by atoms with van der Waals surface area (Å²) in [7, 11) is -3.78. The summed E-state index contributed by atoms with van der Waals surface area (Å²) >= 11 is 0. The summed E-state index contributed by atoms with van der Waals surface area (Å²) < 4.78 is 27.2. The molecule has 1 aromatic carbocycles. The maximum absolute atomic E-state index is 12.9. The Hall–Kier alpha value is -2.66. The zero-order valence-corrected chi connectivity index (χ0v) is 16.0. The molecule has 0 radical (unpaired) electrons. The molecular weight excluding hydrogens is 386 g/mol. The van der Waals surface area contributed by atoms with Crippen LogP contribution in [0.3, 0.4) is 0 Å². The van der Waals surface area contributed by atoms with Crippen molar-refractivity contribution in [1.82, 2.24) is 20.3 Å². The molecule has 4 rings (SSSR count). The number of benzene rings is 1. The van der Waals surface area contributed by atoms with Gasteiger partial charge in [-0.2, -0.15) is 4.72 Å². The molecule has 0 spiro atoms. The summed E-state index contributed by atoms with van der Waals surface area (Å²) in [5.74, 6) is -0.845. The van der Waals surface area contributed by atoms with Crippen LogP contribution in [0.2, 0.25) is 0 Å². The van der Waals surface area contributed by atoms with Gasteiger partial charge < -0.3 is 15.5 Å². The van der Waals surface area contributed by atoms with Crippen molar-refractivity contribution in [2.75, 3.05) is 18.4 Å². The lowest BCUT2D eigenvalue weighted by atomic mass is 9.79. The van der Waals surface area contributed by atoms with Gasteiger partial charge in [0.2, 0.25) is 10.0 Å². The molecule has 4 amide bonds. The fourth-order valence-electron chi connectivity index (χ4n) is 4.04. The number of likely N-dealkylation sites (tertiary alicyclic amines) is 1. The van der Waals surface area contributed by atoms with E-state index in [-0.39, 0.29) is 22.6 Å². The molecule has 28 heavy (non-hydrogen) atoms. The molecule has 11 heteroatoms. The van der Waals surface area contributed by atoms with E-state index in [1.165, 1.54) is 6.07 Å². The molecule has 10 nitrogen and oxygen atoms in total. The number of imide groups is 1. The summed E-state index contributed by atoms with van der Waals surface area (Å²) in [6, 6.07) is 5.89. The average molecular weight is 407 g/mol. The van der Waals surface area contributed by atoms with Crippen LogP contribution in [0.1, 0.15) is 19.8 Å². The third kappa shape index (κ3) is 3.00. The van der Waals surface area contributed by atoms with Gasteiger partial charge in [-0.05, 0) is 37.8 Å². The molecular formula is C17H21N5O5S. The SMILES string of the molecule is CC1(C2CCN(C(=O)C3Nc4ccccc4S(=O)(=O)N3)CC2)NC(=O)NC1=O. The van der Waals surface area contributed by atoms with Crippen LogP contribution in [-0.4, -0.2) is 56.0 Å². The van der Waals surface area contributed by atoms with Gasteiger partial charge >= 0.3 is 6.03 Å². The van der Waals surface area contributed by atoms with Crippen molar-refractivity contribution >= 4 is 33.6 Å². The molecule has 2 atom stereocenters. The van der Waals surface area contributed by atoms with Gasteiger partial charge in [-0.15, -0.1) is 0 Å². The number of carbonyl (C=O) groups excluding carboxylic acids is 3. The van der Waals surface area contributed by atoms with Gasteiger partial charge in [0.15, 0.2) is 6.17 Å². The Morgan fingerprint density at radius 2 is 1.86 bits per heavy atom. The number of urea groups is 1. The van der Waals surface area contributed by atoms with Gasteiger partial charge in [-0.25, -0.2) is 13.2 Å². The van der Waals surface area contributed by atoms with Crippen molar-refractivity contribution < 1.29 is 22.8 Å². The predicted molar refractivity (Wildman–Crippen MR) is 98.6 cm³/mol. The number of carbonyl (C=O) groups is 3. The quantitative estimate of drug-likeness (QED) is 0.490. The van der Waals surface area contributed by atoms with Crippen LogP contribution in [0.4, 0.5) is 10.5 Å². The molecule has 1 aromatic rings. The lowest BCUT2D eigenvalue weighted by Gasteiger charge is -2.40. The third-order valence-corrected chi connectivity index (χ3v) is 7.17. The van der Waals surface area contributed by atoms with Crippen LogP contribution in [0, 0.1) is 5.92 Å². The van der Waals surface area contributed by atoms with E-state index in [2.05, 4.69) is 20.7 Å². The van der Waals surface area contributed by atoms with E-state index < -0.39 is 27.8 Å². The molecule has 3 heterocycles. The van der Waals surface area contributed by atoms with Crippen LogP contribution in [0.5, 0.6) is 0 Å². The Kier molecular flexibility index (Phi) is 4.31. The van der Waals surface area contributed by atoms with E-state index in [4.69, 9.17) is 0 Å². The highest BCUT2D eigenvalue weighted by Gasteiger charge is 2.49. The summed E-state index contributed by atoms with van der Waals surface area (Å²) in [4.78, 5) is 38.1. The first-order chi connectivity index (χ1) is 13.2. The van der Waals surface area contributed by atoms with Crippen LogP contribution < -0.4 is 20.7 Å². The molecule has 0 aromatic heterocycles. The lowest BCUT2D eigenvalue weighted by Crippen LogP contribution is -2.58. The van der Waals surface area contributed by atoms with Gasteiger partial charge in [0.25, 0.3) is 11.8 Å². The Morgan fingerprint density at radius 3 is 2.50 bits per heavy atom. The summed E-state index contributed by atoms with van der Waals surface area (Å²) in [5.41, 5.74) is -0.608.